The molecule has 32 heavy (non-hydrogen) atoms. The lowest BCUT2D eigenvalue weighted by molar-refractivity contribution is -0.118. The smallest absolute Gasteiger partial charge is 0.262 e. The van der Waals surface area contributed by atoms with Gasteiger partial charge in [0.1, 0.15) is 11.6 Å². The minimum absolute atomic E-state index is 0.143. The van der Waals surface area contributed by atoms with E-state index in [1.165, 1.54) is 21.3 Å². The summed E-state index contributed by atoms with van der Waals surface area (Å²) in [6.45, 7) is 0.799. The molecule has 0 radical (unpaired) electrons. The van der Waals surface area contributed by atoms with Crippen LogP contribution in [0.1, 0.15) is 18.7 Å². The maximum atomic E-state index is 12.4. The Bertz CT molecular complexity index is 1070. The molecule has 168 valence electrons. The molecule has 0 atom stereocenters. The average Bonchev–Trinajstić information content (AvgIpc) is 3.26. The maximum Gasteiger partial charge on any atom is 0.262 e. The van der Waals surface area contributed by atoms with Crippen LogP contribution < -0.4 is 24.3 Å². The molecule has 0 fully saturated rings. The predicted molar refractivity (Wildman–Crippen MR) is 119 cm³/mol. The van der Waals surface area contributed by atoms with Gasteiger partial charge in [0.15, 0.2) is 23.9 Å². The number of rotatable bonds is 8. The van der Waals surface area contributed by atoms with Gasteiger partial charge in [0, 0.05) is 36.3 Å². The Morgan fingerprint density at radius 1 is 1.00 bits per heavy atom. The number of amides is 1. The maximum absolute atomic E-state index is 12.4. The number of benzene rings is 2. The summed E-state index contributed by atoms with van der Waals surface area (Å²) >= 11 is 0. The van der Waals surface area contributed by atoms with Gasteiger partial charge in [-0.05, 0) is 37.1 Å². The Hall–Kier alpha value is -3.75. The molecule has 0 saturated carbocycles. The van der Waals surface area contributed by atoms with Crippen LogP contribution in [0.4, 0.5) is 5.69 Å². The molecule has 0 bridgehead atoms. The molecule has 1 amide bonds. The number of aryl methyl sites for hydroxylation is 1. The van der Waals surface area contributed by atoms with E-state index in [1.54, 1.807) is 12.1 Å². The largest absolute Gasteiger partial charge is 0.493 e. The fourth-order valence-corrected chi connectivity index (χ4v) is 3.72. The van der Waals surface area contributed by atoms with Crippen LogP contribution in [0.2, 0.25) is 0 Å². The first kappa shape index (κ1) is 21.5. The lowest BCUT2D eigenvalue weighted by atomic mass is 10.1. The van der Waals surface area contributed by atoms with E-state index < -0.39 is 0 Å². The highest BCUT2D eigenvalue weighted by molar-refractivity contribution is 5.92. The van der Waals surface area contributed by atoms with E-state index in [0.717, 1.165) is 43.0 Å². The van der Waals surface area contributed by atoms with E-state index in [9.17, 15) is 4.79 Å². The summed E-state index contributed by atoms with van der Waals surface area (Å²) in [5.41, 5.74) is 1.49. The Kier molecular flexibility index (Phi) is 6.44. The van der Waals surface area contributed by atoms with E-state index in [4.69, 9.17) is 18.9 Å². The van der Waals surface area contributed by atoms with Gasteiger partial charge in [-0.1, -0.05) is 0 Å². The molecule has 0 aliphatic carbocycles. The van der Waals surface area contributed by atoms with E-state index in [1.807, 2.05) is 24.3 Å². The number of aromatic nitrogens is 3. The number of carbonyl (C=O) groups excluding carboxylic acids is 1. The Labute approximate surface area is 186 Å². The summed E-state index contributed by atoms with van der Waals surface area (Å²) in [5.74, 6) is 3.55. The monoisotopic (exact) mass is 438 g/mol. The summed E-state index contributed by atoms with van der Waals surface area (Å²) in [6, 6.07) is 10.8. The van der Waals surface area contributed by atoms with E-state index >= 15 is 0 Å². The molecule has 9 nitrogen and oxygen atoms in total. The lowest BCUT2D eigenvalue weighted by Gasteiger charge is -2.15. The predicted octanol–water partition coefficient (Wildman–Crippen LogP) is 3.32. The Balaban J connectivity index is 1.38. The van der Waals surface area contributed by atoms with Gasteiger partial charge in [-0.3, -0.25) is 4.79 Å². The van der Waals surface area contributed by atoms with Crippen LogP contribution in [0.15, 0.2) is 36.4 Å². The summed E-state index contributed by atoms with van der Waals surface area (Å²) < 4.78 is 23.7. The van der Waals surface area contributed by atoms with Gasteiger partial charge >= 0.3 is 0 Å². The zero-order chi connectivity index (χ0) is 22.5. The minimum atomic E-state index is -0.310. The third kappa shape index (κ3) is 4.46. The van der Waals surface area contributed by atoms with Gasteiger partial charge in [0.05, 0.1) is 21.3 Å². The molecule has 9 heteroatoms. The van der Waals surface area contributed by atoms with Crippen LogP contribution in [-0.4, -0.2) is 48.6 Å². The topological polar surface area (TPSA) is 96.7 Å². The highest BCUT2D eigenvalue weighted by atomic mass is 16.5. The standard InChI is InChI=1S/C23H26N4O5/c1-29-18-12-16(13-19(30-2)22(18)31-3)24-21(28)14-32-17-9-7-15(8-10-17)23-26-25-20-6-4-5-11-27(20)23/h7-10,12-13H,4-6,11,14H2,1-3H3,(H,24,28). The zero-order valence-corrected chi connectivity index (χ0v) is 18.4. The number of anilines is 1. The van der Waals surface area contributed by atoms with Crippen molar-refractivity contribution in [3.05, 3.63) is 42.2 Å². The highest BCUT2D eigenvalue weighted by Gasteiger charge is 2.17. The van der Waals surface area contributed by atoms with Crippen LogP contribution in [0.5, 0.6) is 23.0 Å². The fraction of sp³-hybridized carbons (Fsp3) is 0.348. The molecule has 1 N–H and O–H groups in total. The minimum Gasteiger partial charge on any atom is -0.493 e. The molecule has 2 aromatic carbocycles. The van der Waals surface area contributed by atoms with Gasteiger partial charge in [0.25, 0.3) is 5.91 Å². The number of fused-ring (bicyclic) bond motifs is 1. The van der Waals surface area contributed by atoms with Crippen molar-refractivity contribution in [3.8, 4) is 34.4 Å². The second kappa shape index (κ2) is 9.59. The third-order valence-electron chi connectivity index (χ3n) is 5.29. The van der Waals surface area contributed by atoms with Crippen molar-refractivity contribution in [2.45, 2.75) is 25.8 Å². The highest BCUT2D eigenvalue weighted by Crippen LogP contribution is 2.39. The quantitative estimate of drug-likeness (QED) is 0.576. The zero-order valence-electron chi connectivity index (χ0n) is 18.4. The SMILES string of the molecule is COc1cc(NC(=O)COc2ccc(-c3nnc4n3CCCC4)cc2)cc(OC)c1OC. The van der Waals surface area contributed by atoms with E-state index in [2.05, 4.69) is 20.1 Å². The van der Waals surface area contributed by atoms with Crippen molar-refractivity contribution in [3.63, 3.8) is 0 Å². The van der Waals surface area contributed by atoms with Crippen LogP contribution in [0, 0.1) is 0 Å². The third-order valence-corrected chi connectivity index (χ3v) is 5.29. The number of hydrogen-bond acceptors (Lipinski definition) is 7. The number of carbonyl (C=O) groups is 1. The summed E-state index contributed by atoms with van der Waals surface area (Å²) in [5, 5.41) is 11.4. The first-order chi connectivity index (χ1) is 15.6. The first-order valence-electron chi connectivity index (χ1n) is 10.4. The van der Waals surface area contributed by atoms with Gasteiger partial charge in [-0.15, -0.1) is 10.2 Å². The van der Waals surface area contributed by atoms with Crippen molar-refractivity contribution < 1.29 is 23.7 Å². The van der Waals surface area contributed by atoms with Crippen LogP contribution in [0.25, 0.3) is 11.4 Å². The Morgan fingerprint density at radius 3 is 2.38 bits per heavy atom. The molecule has 3 aromatic rings. The van der Waals surface area contributed by atoms with Crippen molar-refractivity contribution in [2.24, 2.45) is 0 Å². The number of methoxy groups -OCH3 is 3. The average molecular weight is 438 g/mol. The summed E-state index contributed by atoms with van der Waals surface area (Å²) in [7, 11) is 4.56. The van der Waals surface area contributed by atoms with Gasteiger partial charge in [-0.2, -0.15) is 0 Å². The van der Waals surface area contributed by atoms with Crippen molar-refractivity contribution >= 4 is 11.6 Å². The molecular formula is C23H26N4O5. The summed E-state index contributed by atoms with van der Waals surface area (Å²) in [6.07, 6.45) is 3.26. The van der Waals surface area contributed by atoms with Crippen LogP contribution in [0.3, 0.4) is 0 Å². The normalized spacial score (nSPS) is 12.6. The lowest BCUT2D eigenvalue weighted by Crippen LogP contribution is -2.20. The molecule has 0 unspecified atom stereocenters. The van der Waals surface area contributed by atoms with Gasteiger partial charge in [0.2, 0.25) is 5.75 Å². The number of nitrogens with one attached hydrogen (secondary N) is 1. The number of nitrogens with zero attached hydrogens (tertiary/aromatic N) is 3. The molecular weight excluding hydrogens is 412 g/mol. The molecule has 1 aliphatic rings. The van der Waals surface area contributed by atoms with Crippen molar-refractivity contribution in [1.29, 1.82) is 0 Å². The molecule has 1 aliphatic heterocycles. The molecule has 2 heterocycles. The second-order valence-corrected chi connectivity index (χ2v) is 7.32. The molecule has 1 aromatic heterocycles. The summed E-state index contributed by atoms with van der Waals surface area (Å²) in [4.78, 5) is 12.4. The second-order valence-electron chi connectivity index (χ2n) is 7.32. The van der Waals surface area contributed by atoms with Crippen molar-refractivity contribution in [1.82, 2.24) is 14.8 Å². The number of hydrogen-bond donors (Lipinski definition) is 1. The van der Waals surface area contributed by atoms with Crippen LogP contribution >= 0.6 is 0 Å². The Morgan fingerprint density at radius 2 is 1.72 bits per heavy atom. The fourth-order valence-electron chi connectivity index (χ4n) is 3.72. The molecule has 0 spiro atoms. The van der Waals surface area contributed by atoms with E-state index in [0.29, 0.717) is 28.7 Å². The molecule has 4 rings (SSSR count). The van der Waals surface area contributed by atoms with E-state index in [-0.39, 0.29) is 12.5 Å². The van der Waals surface area contributed by atoms with Gasteiger partial charge < -0.3 is 28.8 Å². The molecule has 0 saturated heterocycles. The first-order valence-corrected chi connectivity index (χ1v) is 10.4. The van der Waals surface area contributed by atoms with Gasteiger partial charge in [-0.25, -0.2) is 0 Å². The van der Waals surface area contributed by atoms with Crippen LogP contribution in [-0.2, 0) is 17.8 Å². The number of ether oxygens (including phenoxy) is 4. The van der Waals surface area contributed by atoms with Crippen molar-refractivity contribution in [2.75, 3.05) is 33.3 Å².